The largest absolute Gasteiger partial charge is 0.356 e. The van der Waals surface area contributed by atoms with Crippen molar-refractivity contribution in [3.63, 3.8) is 0 Å². The SMILES string of the molecule is CC(=O)NCCC[C@H](CC(=O)[C@@H](NC(C)(C)C)C(C)C)C(=O)C(C)(C)C. The van der Waals surface area contributed by atoms with Crippen LogP contribution in [-0.2, 0) is 14.4 Å². The molecule has 0 aliphatic rings. The van der Waals surface area contributed by atoms with Gasteiger partial charge >= 0.3 is 0 Å². The maximum Gasteiger partial charge on any atom is 0.216 e. The minimum atomic E-state index is -0.482. The first kappa shape index (κ1) is 24.8. The van der Waals surface area contributed by atoms with Crippen molar-refractivity contribution in [2.45, 2.75) is 93.2 Å². The van der Waals surface area contributed by atoms with Gasteiger partial charge in [0.05, 0.1) is 6.04 Å². The van der Waals surface area contributed by atoms with Gasteiger partial charge in [0.2, 0.25) is 5.91 Å². The molecule has 0 aliphatic heterocycles. The summed E-state index contributed by atoms with van der Waals surface area (Å²) < 4.78 is 0. The summed E-state index contributed by atoms with van der Waals surface area (Å²) in [6, 6.07) is -0.263. The Morgan fingerprint density at radius 3 is 1.88 bits per heavy atom. The first-order chi connectivity index (χ1) is 11.6. The predicted molar refractivity (Wildman–Crippen MR) is 107 cm³/mol. The molecule has 5 heteroatoms. The van der Waals surface area contributed by atoms with Gasteiger partial charge in [-0.2, -0.15) is 0 Å². The Labute approximate surface area is 160 Å². The third kappa shape index (κ3) is 10.0. The molecule has 0 heterocycles. The zero-order valence-corrected chi connectivity index (χ0v) is 18.3. The molecule has 0 aromatic heterocycles. The Morgan fingerprint density at radius 1 is 0.962 bits per heavy atom. The molecular formula is C21H40N2O3. The van der Waals surface area contributed by atoms with E-state index in [1.807, 2.05) is 55.4 Å². The standard InChI is InChI=1S/C21H40N2O3/c1-14(2)18(23-21(7,8)9)17(25)13-16(19(26)20(4,5)6)11-10-12-22-15(3)24/h14,16,18,23H,10-13H2,1-9H3,(H,22,24)/t16-,18+/m1/s1. The van der Waals surface area contributed by atoms with Crippen molar-refractivity contribution < 1.29 is 14.4 Å². The quantitative estimate of drug-likeness (QED) is 0.579. The van der Waals surface area contributed by atoms with Gasteiger partial charge in [0.1, 0.15) is 5.78 Å². The summed E-state index contributed by atoms with van der Waals surface area (Å²) in [7, 11) is 0. The number of nitrogens with one attached hydrogen (secondary N) is 2. The van der Waals surface area contributed by atoms with Gasteiger partial charge in [-0.15, -0.1) is 0 Å². The molecule has 1 amide bonds. The van der Waals surface area contributed by atoms with Gasteiger partial charge in [-0.3, -0.25) is 14.4 Å². The van der Waals surface area contributed by atoms with E-state index in [9.17, 15) is 14.4 Å². The summed E-state index contributed by atoms with van der Waals surface area (Å²) in [5.74, 6) is -0.0104. The smallest absolute Gasteiger partial charge is 0.216 e. The van der Waals surface area contributed by atoms with Crippen LogP contribution < -0.4 is 10.6 Å². The minimum absolute atomic E-state index is 0.0750. The van der Waals surface area contributed by atoms with Gasteiger partial charge in [0, 0.05) is 36.8 Å². The monoisotopic (exact) mass is 368 g/mol. The summed E-state index contributed by atoms with van der Waals surface area (Å²) in [6.07, 6.45) is 1.56. The first-order valence-electron chi connectivity index (χ1n) is 9.74. The second-order valence-corrected chi connectivity index (χ2v) is 9.72. The molecule has 0 bridgehead atoms. The third-order valence-electron chi connectivity index (χ3n) is 4.26. The lowest BCUT2D eigenvalue weighted by atomic mass is 9.77. The Hall–Kier alpha value is -1.23. The number of hydrogen-bond donors (Lipinski definition) is 2. The van der Waals surface area contributed by atoms with Crippen molar-refractivity contribution >= 4 is 17.5 Å². The summed E-state index contributed by atoms with van der Waals surface area (Å²) in [6.45, 7) is 17.9. The fraction of sp³-hybridized carbons (Fsp3) is 0.857. The zero-order chi connectivity index (χ0) is 20.7. The van der Waals surface area contributed by atoms with Crippen molar-refractivity contribution in [3.8, 4) is 0 Å². The molecule has 0 unspecified atom stereocenters. The van der Waals surface area contributed by atoms with Crippen molar-refractivity contribution in [1.29, 1.82) is 0 Å². The number of carbonyl (C=O) groups excluding carboxylic acids is 3. The lowest BCUT2D eigenvalue weighted by Gasteiger charge is -2.32. The maximum absolute atomic E-state index is 13.0. The molecule has 2 atom stereocenters. The average molecular weight is 369 g/mol. The number of rotatable bonds is 10. The van der Waals surface area contributed by atoms with Gasteiger partial charge in [-0.25, -0.2) is 0 Å². The fourth-order valence-electron chi connectivity index (χ4n) is 3.01. The molecule has 2 N–H and O–H groups in total. The number of carbonyl (C=O) groups is 3. The highest BCUT2D eigenvalue weighted by molar-refractivity contribution is 5.92. The molecule has 5 nitrogen and oxygen atoms in total. The van der Waals surface area contributed by atoms with E-state index in [0.29, 0.717) is 19.4 Å². The Morgan fingerprint density at radius 2 is 1.50 bits per heavy atom. The number of Topliss-reactive ketones (excluding diaryl/α,β-unsaturated/α-hetero) is 2. The van der Waals surface area contributed by atoms with Gasteiger partial charge in [0.15, 0.2) is 5.78 Å². The fourth-order valence-corrected chi connectivity index (χ4v) is 3.01. The van der Waals surface area contributed by atoms with Crippen LogP contribution in [0, 0.1) is 17.3 Å². The molecule has 0 saturated carbocycles. The topological polar surface area (TPSA) is 75.3 Å². The number of ketones is 2. The second kappa shape index (κ2) is 10.2. The molecule has 0 radical (unpaired) electrons. The highest BCUT2D eigenvalue weighted by Crippen LogP contribution is 2.27. The van der Waals surface area contributed by atoms with Gasteiger partial charge in [-0.05, 0) is 39.5 Å². The van der Waals surface area contributed by atoms with Crippen LogP contribution in [0.25, 0.3) is 0 Å². The van der Waals surface area contributed by atoms with Crippen molar-refractivity contribution in [1.82, 2.24) is 10.6 Å². The molecule has 26 heavy (non-hydrogen) atoms. The van der Waals surface area contributed by atoms with Crippen LogP contribution in [0.15, 0.2) is 0 Å². The van der Waals surface area contributed by atoms with E-state index in [1.165, 1.54) is 6.92 Å². The molecule has 0 fully saturated rings. The maximum atomic E-state index is 13.0. The minimum Gasteiger partial charge on any atom is -0.356 e. The van der Waals surface area contributed by atoms with Gasteiger partial charge < -0.3 is 10.6 Å². The highest BCUT2D eigenvalue weighted by Gasteiger charge is 2.34. The van der Waals surface area contributed by atoms with Gasteiger partial charge in [-0.1, -0.05) is 34.6 Å². The Kier molecular flexibility index (Phi) is 9.71. The van der Waals surface area contributed by atoms with Crippen LogP contribution in [0.2, 0.25) is 0 Å². The lowest BCUT2D eigenvalue weighted by Crippen LogP contribution is -2.51. The molecule has 0 aliphatic carbocycles. The van der Waals surface area contributed by atoms with E-state index in [2.05, 4.69) is 10.6 Å². The number of amides is 1. The molecule has 0 spiro atoms. The van der Waals surface area contributed by atoms with Crippen molar-refractivity contribution in [2.75, 3.05) is 6.54 Å². The lowest BCUT2D eigenvalue weighted by molar-refractivity contribution is -0.134. The summed E-state index contributed by atoms with van der Waals surface area (Å²) in [4.78, 5) is 36.8. The molecule has 0 aromatic rings. The van der Waals surface area contributed by atoms with Crippen molar-refractivity contribution in [2.24, 2.45) is 17.3 Å². The van der Waals surface area contributed by atoms with Crippen LogP contribution in [-0.4, -0.2) is 35.6 Å². The van der Waals surface area contributed by atoms with E-state index in [4.69, 9.17) is 0 Å². The molecule has 152 valence electrons. The summed E-state index contributed by atoms with van der Waals surface area (Å²) >= 11 is 0. The Bertz CT molecular complexity index is 484. The summed E-state index contributed by atoms with van der Waals surface area (Å²) in [5, 5.41) is 6.16. The molecular weight excluding hydrogens is 328 g/mol. The van der Waals surface area contributed by atoms with Crippen LogP contribution in [0.1, 0.15) is 81.6 Å². The molecule has 0 saturated heterocycles. The number of hydrogen-bond acceptors (Lipinski definition) is 4. The van der Waals surface area contributed by atoms with Crippen LogP contribution >= 0.6 is 0 Å². The van der Waals surface area contributed by atoms with E-state index >= 15 is 0 Å². The van der Waals surface area contributed by atoms with Crippen LogP contribution in [0.5, 0.6) is 0 Å². The third-order valence-corrected chi connectivity index (χ3v) is 4.26. The van der Waals surface area contributed by atoms with Gasteiger partial charge in [0.25, 0.3) is 0 Å². The van der Waals surface area contributed by atoms with E-state index in [-0.39, 0.29) is 47.3 Å². The van der Waals surface area contributed by atoms with E-state index < -0.39 is 5.41 Å². The predicted octanol–water partition coefficient (Wildman–Crippen LogP) is 3.51. The van der Waals surface area contributed by atoms with E-state index in [1.54, 1.807) is 0 Å². The summed E-state index contributed by atoms with van der Waals surface area (Å²) in [5.41, 5.74) is -0.650. The second-order valence-electron chi connectivity index (χ2n) is 9.72. The van der Waals surface area contributed by atoms with E-state index in [0.717, 1.165) is 0 Å². The highest BCUT2D eigenvalue weighted by atomic mass is 16.1. The van der Waals surface area contributed by atoms with Crippen LogP contribution in [0.4, 0.5) is 0 Å². The Balaban J connectivity index is 5.14. The molecule has 0 aromatic carbocycles. The van der Waals surface area contributed by atoms with Crippen LogP contribution in [0.3, 0.4) is 0 Å². The zero-order valence-electron chi connectivity index (χ0n) is 18.3. The molecule has 0 rings (SSSR count). The normalized spacial score (nSPS) is 14.8. The average Bonchev–Trinajstić information content (AvgIpc) is 2.44. The first-order valence-corrected chi connectivity index (χ1v) is 9.74. The van der Waals surface area contributed by atoms with Crippen molar-refractivity contribution in [3.05, 3.63) is 0 Å².